The van der Waals surface area contributed by atoms with Gasteiger partial charge in [-0.25, -0.2) is 0 Å². The largest absolute Gasteiger partial charge is 0.491 e. The van der Waals surface area contributed by atoms with Crippen LogP contribution in [0.5, 0.6) is 5.75 Å². The van der Waals surface area contributed by atoms with Crippen LogP contribution >= 0.6 is 15.9 Å². The Balaban J connectivity index is 1.58. The molecule has 1 aliphatic rings. The van der Waals surface area contributed by atoms with E-state index in [2.05, 4.69) is 21.2 Å². The van der Waals surface area contributed by atoms with Crippen LogP contribution in [0.25, 0.3) is 0 Å². The molecule has 0 saturated carbocycles. The lowest BCUT2D eigenvalue weighted by atomic mass is 10.2. The second-order valence-corrected chi connectivity index (χ2v) is 5.63. The molecule has 2 unspecified atom stereocenters. The first kappa shape index (κ1) is 14.8. The summed E-state index contributed by atoms with van der Waals surface area (Å²) in [5.74, 6) is 0.765. The number of ether oxygens (including phenoxy) is 2. The standard InChI is InChI=1S/C14H20BrNO3/c15-11-3-5-13(6-4-11)19-10-12(17)8-16-9-14-2-1-7-18-14/h3-6,12,14,16-17H,1-2,7-10H2. The minimum atomic E-state index is -0.509. The molecule has 4 nitrogen and oxygen atoms in total. The maximum Gasteiger partial charge on any atom is 0.119 e. The zero-order valence-electron chi connectivity index (χ0n) is 10.8. The first-order valence-electron chi connectivity index (χ1n) is 6.63. The Hall–Kier alpha value is -0.620. The second-order valence-electron chi connectivity index (χ2n) is 4.71. The summed E-state index contributed by atoms with van der Waals surface area (Å²) in [7, 11) is 0. The van der Waals surface area contributed by atoms with E-state index in [1.807, 2.05) is 24.3 Å². The van der Waals surface area contributed by atoms with Crippen molar-refractivity contribution < 1.29 is 14.6 Å². The molecule has 1 aromatic carbocycles. The van der Waals surface area contributed by atoms with E-state index in [1.165, 1.54) is 0 Å². The van der Waals surface area contributed by atoms with Crippen molar-refractivity contribution >= 4 is 15.9 Å². The predicted molar refractivity (Wildman–Crippen MR) is 77.5 cm³/mol. The average molecular weight is 330 g/mol. The fraction of sp³-hybridized carbons (Fsp3) is 0.571. The summed E-state index contributed by atoms with van der Waals surface area (Å²) < 4.78 is 12.0. The summed E-state index contributed by atoms with van der Waals surface area (Å²) in [5.41, 5.74) is 0. The number of benzene rings is 1. The molecule has 0 amide bonds. The summed E-state index contributed by atoms with van der Waals surface area (Å²) >= 11 is 3.37. The lowest BCUT2D eigenvalue weighted by Crippen LogP contribution is -2.35. The number of hydrogen-bond donors (Lipinski definition) is 2. The van der Waals surface area contributed by atoms with Crippen LogP contribution in [-0.4, -0.2) is 43.6 Å². The molecule has 0 aliphatic carbocycles. The predicted octanol–water partition coefficient (Wildman–Crippen LogP) is 1.96. The molecular formula is C14H20BrNO3. The lowest BCUT2D eigenvalue weighted by molar-refractivity contribution is 0.0881. The highest BCUT2D eigenvalue weighted by atomic mass is 79.9. The van der Waals surface area contributed by atoms with Crippen LogP contribution in [0.3, 0.4) is 0 Å². The number of hydrogen-bond acceptors (Lipinski definition) is 4. The number of aliphatic hydroxyl groups excluding tert-OH is 1. The van der Waals surface area contributed by atoms with Gasteiger partial charge in [-0.2, -0.15) is 0 Å². The van der Waals surface area contributed by atoms with Crippen LogP contribution in [0.4, 0.5) is 0 Å². The van der Waals surface area contributed by atoms with E-state index >= 15 is 0 Å². The zero-order valence-corrected chi connectivity index (χ0v) is 12.4. The fourth-order valence-electron chi connectivity index (χ4n) is 2.00. The van der Waals surface area contributed by atoms with Crippen LogP contribution in [0.1, 0.15) is 12.8 Å². The maximum atomic E-state index is 9.80. The molecular weight excluding hydrogens is 310 g/mol. The van der Waals surface area contributed by atoms with E-state index in [0.29, 0.717) is 19.3 Å². The lowest BCUT2D eigenvalue weighted by Gasteiger charge is -2.15. The fourth-order valence-corrected chi connectivity index (χ4v) is 2.26. The molecule has 2 N–H and O–H groups in total. The smallest absolute Gasteiger partial charge is 0.119 e. The van der Waals surface area contributed by atoms with Crippen molar-refractivity contribution in [2.45, 2.75) is 25.0 Å². The van der Waals surface area contributed by atoms with Crippen molar-refractivity contribution in [2.75, 3.05) is 26.3 Å². The Kier molecular flexibility index (Phi) is 6.10. The third kappa shape index (κ3) is 5.48. The van der Waals surface area contributed by atoms with Crippen molar-refractivity contribution in [3.05, 3.63) is 28.7 Å². The molecule has 1 aliphatic heterocycles. The maximum absolute atomic E-state index is 9.80. The molecule has 0 bridgehead atoms. The zero-order chi connectivity index (χ0) is 13.5. The van der Waals surface area contributed by atoms with Gasteiger partial charge >= 0.3 is 0 Å². The molecule has 1 saturated heterocycles. The van der Waals surface area contributed by atoms with Crippen LogP contribution in [0, 0.1) is 0 Å². The Bertz CT molecular complexity index is 365. The van der Waals surface area contributed by atoms with Gasteiger partial charge in [0.25, 0.3) is 0 Å². The van der Waals surface area contributed by atoms with E-state index in [-0.39, 0.29) is 0 Å². The van der Waals surface area contributed by atoms with Gasteiger partial charge in [0, 0.05) is 24.2 Å². The van der Waals surface area contributed by atoms with Crippen molar-refractivity contribution in [3.63, 3.8) is 0 Å². The molecule has 1 aromatic rings. The number of aliphatic hydroxyl groups is 1. The minimum absolute atomic E-state index is 0.292. The van der Waals surface area contributed by atoms with Gasteiger partial charge in [0.15, 0.2) is 0 Å². The molecule has 1 fully saturated rings. The number of halogens is 1. The monoisotopic (exact) mass is 329 g/mol. The molecule has 0 spiro atoms. The molecule has 0 aromatic heterocycles. The van der Waals surface area contributed by atoms with Crippen molar-refractivity contribution in [3.8, 4) is 5.75 Å². The van der Waals surface area contributed by atoms with Crippen LogP contribution in [-0.2, 0) is 4.74 Å². The molecule has 2 atom stereocenters. The molecule has 19 heavy (non-hydrogen) atoms. The Morgan fingerprint density at radius 3 is 2.89 bits per heavy atom. The van der Waals surface area contributed by atoms with Crippen molar-refractivity contribution in [1.29, 1.82) is 0 Å². The Morgan fingerprint density at radius 2 is 2.21 bits per heavy atom. The highest BCUT2D eigenvalue weighted by Gasteiger charge is 2.15. The van der Waals surface area contributed by atoms with Gasteiger partial charge in [-0.1, -0.05) is 15.9 Å². The summed E-state index contributed by atoms with van der Waals surface area (Å²) in [6.45, 7) is 2.48. The second kappa shape index (κ2) is 7.85. The van der Waals surface area contributed by atoms with E-state index < -0.39 is 6.10 Å². The van der Waals surface area contributed by atoms with Crippen molar-refractivity contribution in [1.82, 2.24) is 5.32 Å². The first-order valence-corrected chi connectivity index (χ1v) is 7.42. The van der Waals surface area contributed by atoms with Gasteiger partial charge in [-0.05, 0) is 37.1 Å². The first-order chi connectivity index (χ1) is 9.24. The molecule has 106 valence electrons. The number of nitrogens with one attached hydrogen (secondary N) is 1. The van der Waals surface area contributed by atoms with Gasteiger partial charge in [0.2, 0.25) is 0 Å². The van der Waals surface area contributed by atoms with E-state index in [1.54, 1.807) is 0 Å². The average Bonchev–Trinajstić information content (AvgIpc) is 2.91. The SMILES string of the molecule is OC(CNCC1CCCO1)COc1ccc(Br)cc1. The number of rotatable bonds is 7. The van der Waals surface area contributed by atoms with Gasteiger partial charge < -0.3 is 19.9 Å². The van der Waals surface area contributed by atoms with Gasteiger partial charge in [0.1, 0.15) is 18.5 Å². The third-order valence-corrected chi connectivity index (χ3v) is 3.56. The van der Waals surface area contributed by atoms with E-state index in [4.69, 9.17) is 9.47 Å². The Morgan fingerprint density at radius 1 is 1.42 bits per heavy atom. The quantitative estimate of drug-likeness (QED) is 0.802. The van der Waals surface area contributed by atoms with Gasteiger partial charge in [0.05, 0.1) is 6.10 Å². The minimum Gasteiger partial charge on any atom is -0.491 e. The normalized spacial score (nSPS) is 20.4. The summed E-state index contributed by atoms with van der Waals surface area (Å²) in [6, 6.07) is 7.57. The van der Waals surface area contributed by atoms with Crippen LogP contribution in [0.15, 0.2) is 28.7 Å². The van der Waals surface area contributed by atoms with Gasteiger partial charge in [-0.3, -0.25) is 0 Å². The van der Waals surface area contributed by atoms with E-state index in [0.717, 1.165) is 36.2 Å². The van der Waals surface area contributed by atoms with Crippen LogP contribution in [0.2, 0.25) is 0 Å². The molecule has 0 radical (unpaired) electrons. The third-order valence-electron chi connectivity index (χ3n) is 3.03. The molecule has 5 heteroatoms. The highest BCUT2D eigenvalue weighted by Crippen LogP contribution is 2.16. The van der Waals surface area contributed by atoms with Crippen LogP contribution < -0.4 is 10.1 Å². The highest BCUT2D eigenvalue weighted by molar-refractivity contribution is 9.10. The summed E-state index contributed by atoms with van der Waals surface area (Å²) in [4.78, 5) is 0. The van der Waals surface area contributed by atoms with Crippen molar-refractivity contribution in [2.24, 2.45) is 0 Å². The van der Waals surface area contributed by atoms with Gasteiger partial charge in [-0.15, -0.1) is 0 Å². The molecule has 1 heterocycles. The summed E-state index contributed by atoms with van der Waals surface area (Å²) in [6.07, 6.45) is 2.05. The summed E-state index contributed by atoms with van der Waals surface area (Å²) in [5, 5.41) is 13.0. The topological polar surface area (TPSA) is 50.7 Å². The molecule has 2 rings (SSSR count). The van der Waals surface area contributed by atoms with E-state index in [9.17, 15) is 5.11 Å². The Labute approximate surface area is 122 Å².